The van der Waals surface area contributed by atoms with Gasteiger partial charge in [-0.1, -0.05) is 6.07 Å². The Morgan fingerprint density at radius 1 is 1.75 bits per heavy atom. The molecule has 0 aliphatic heterocycles. The van der Waals surface area contributed by atoms with Crippen molar-refractivity contribution in [2.45, 2.75) is 13.0 Å². The van der Waals surface area contributed by atoms with Gasteiger partial charge >= 0.3 is 0 Å². The predicted molar refractivity (Wildman–Crippen MR) is 42.3 cm³/mol. The van der Waals surface area contributed by atoms with Crippen LogP contribution in [0.1, 0.15) is 18.5 Å². The molecule has 64 valence electrons. The maximum atomic E-state index is 10.2. The Balaban J connectivity index is 2.78. The highest BCUT2D eigenvalue weighted by atomic mass is 16.5. The number of hydrogen-bond acceptors (Lipinski definition) is 3. The number of carbonyl (C=O) groups excluding carboxylic acids is 1. The summed E-state index contributed by atoms with van der Waals surface area (Å²) in [5, 5.41) is 9.63. The van der Waals surface area contributed by atoms with Gasteiger partial charge in [-0.15, -0.1) is 0 Å². The minimum Gasteiger partial charge on any atom is -0.286 e. The van der Waals surface area contributed by atoms with E-state index in [1.807, 2.05) is 0 Å². The van der Waals surface area contributed by atoms with Crippen LogP contribution in [-0.4, -0.2) is 21.7 Å². The van der Waals surface area contributed by atoms with Crippen LogP contribution >= 0.6 is 0 Å². The van der Waals surface area contributed by atoms with Crippen LogP contribution < -0.4 is 0 Å². The second kappa shape index (κ2) is 3.82. The highest BCUT2D eigenvalue weighted by Gasteiger charge is 2.10. The van der Waals surface area contributed by atoms with Crippen LogP contribution in [0.2, 0.25) is 0 Å². The number of pyridine rings is 1. The molecule has 0 fully saturated rings. The van der Waals surface area contributed by atoms with E-state index in [-0.39, 0.29) is 6.04 Å². The van der Waals surface area contributed by atoms with E-state index in [9.17, 15) is 4.79 Å². The van der Waals surface area contributed by atoms with E-state index in [1.54, 1.807) is 31.5 Å². The summed E-state index contributed by atoms with van der Waals surface area (Å²) in [6.07, 6.45) is 3.62. The topological polar surface area (TPSA) is 53.4 Å². The standard InChI is InChI=1S/C8H10N2O2/c1-7(10(12)6-11)8-3-2-4-9-5-8/h2-7,12H,1H3. The van der Waals surface area contributed by atoms with Gasteiger partial charge in [-0.05, 0) is 18.6 Å². The molecule has 0 spiro atoms. The predicted octanol–water partition coefficient (Wildman–Crippen LogP) is 0.990. The van der Waals surface area contributed by atoms with Gasteiger partial charge in [0.2, 0.25) is 6.41 Å². The minimum atomic E-state index is -0.351. The van der Waals surface area contributed by atoms with Gasteiger partial charge in [-0.25, -0.2) is 5.06 Å². The van der Waals surface area contributed by atoms with Crippen LogP contribution in [0.5, 0.6) is 0 Å². The highest BCUT2D eigenvalue weighted by molar-refractivity contribution is 5.46. The van der Waals surface area contributed by atoms with Crippen molar-refractivity contribution < 1.29 is 10.0 Å². The molecular weight excluding hydrogens is 156 g/mol. The number of carbonyl (C=O) groups is 1. The fourth-order valence-corrected chi connectivity index (χ4v) is 0.867. The molecule has 0 aliphatic rings. The first-order chi connectivity index (χ1) is 5.75. The molecule has 1 rings (SSSR count). The summed E-state index contributed by atoms with van der Waals surface area (Å²) in [6, 6.07) is 3.20. The fourth-order valence-electron chi connectivity index (χ4n) is 0.867. The molecule has 1 heterocycles. The van der Waals surface area contributed by atoms with Crippen molar-refractivity contribution in [3.05, 3.63) is 30.1 Å². The van der Waals surface area contributed by atoms with Crippen molar-refractivity contribution >= 4 is 6.41 Å². The third-order valence-electron chi connectivity index (χ3n) is 1.67. The summed E-state index contributed by atoms with van der Waals surface area (Å²) in [4.78, 5) is 14.0. The second-order valence-corrected chi connectivity index (χ2v) is 2.45. The quantitative estimate of drug-likeness (QED) is 0.414. The molecule has 0 aliphatic carbocycles. The molecule has 1 aromatic heterocycles. The van der Waals surface area contributed by atoms with Crippen molar-refractivity contribution in [3.63, 3.8) is 0 Å². The highest BCUT2D eigenvalue weighted by Crippen LogP contribution is 2.14. The smallest absolute Gasteiger partial charge is 0.233 e. The van der Waals surface area contributed by atoms with Gasteiger partial charge in [0.15, 0.2) is 0 Å². The summed E-state index contributed by atoms with van der Waals surface area (Å²) >= 11 is 0. The van der Waals surface area contributed by atoms with Gasteiger partial charge in [0, 0.05) is 12.4 Å². The summed E-state index contributed by atoms with van der Waals surface area (Å²) in [5.74, 6) is 0. The van der Waals surface area contributed by atoms with Crippen molar-refractivity contribution in [1.29, 1.82) is 0 Å². The van der Waals surface area contributed by atoms with E-state index in [0.29, 0.717) is 11.5 Å². The van der Waals surface area contributed by atoms with Crippen molar-refractivity contribution in [1.82, 2.24) is 10.0 Å². The van der Waals surface area contributed by atoms with Gasteiger partial charge in [0.05, 0.1) is 6.04 Å². The lowest BCUT2D eigenvalue weighted by atomic mass is 10.1. The van der Waals surface area contributed by atoms with E-state index in [2.05, 4.69) is 4.98 Å². The lowest BCUT2D eigenvalue weighted by molar-refractivity contribution is -0.159. The Kier molecular flexibility index (Phi) is 2.76. The summed E-state index contributed by atoms with van der Waals surface area (Å²) in [7, 11) is 0. The van der Waals surface area contributed by atoms with E-state index < -0.39 is 0 Å². The molecular formula is C8H10N2O2. The average Bonchev–Trinajstić information content (AvgIpc) is 2.17. The Morgan fingerprint density at radius 2 is 2.50 bits per heavy atom. The number of aromatic nitrogens is 1. The normalized spacial score (nSPS) is 12.2. The average molecular weight is 166 g/mol. The number of amides is 1. The van der Waals surface area contributed by atoms with Crippen LogP contribution in [-0.2, 0) is 4.79 Å². The maximum Gasteiger partial charge on any atom is 0.233 e. The minimum absolute atomic E-state index is 0.351. The van der Waals surface area contributed by atoms with E-state index >= 15 is 0 Å². The second-order valence-electron chi connectivity index (χ2n) is 2.45. The van der Waals surface area contributed by atoms with Crippen LogP contribution in [0, 0.1) is 0 Å². The van der Waals surface area contributed by atoms with E-state index in [4.69, 9.17) is 5.21 Å². The van der Waals surface area contributed by atoms with Crippen molar-refractivity contribution in [3.8, 4) is 0 Å². The Morgan fingerprint density at radius 3 is 3.00 bits per heavy atom. The number of hydroxylamine groups is 2. The van der Waals surface area contributed by atoms with Crippen LogP contribution in [0.4, 0.5) is 0 Å². The summed E-state index contributed by atoms with van der Waals surface area (Å²) in [5.41, 5.74) is 0.798. The molecule has 0 radical (unpaired) electrons. The zero-order valence-electron chi connectivity index (χ0n) is 6.71. The Labute approximate surface area is 70.4 Å². The largest absolute Gasteiger partial charge is 0.286 e. The van der Waals surface area contributed by atoms with Gasteiger partial charge in [0.25, 0.3) is 0 Å². The van der Waals surface area contributed by atoms with E-state index in [0.717, 1.165) is 5.56 Å². The molecule has 4 nitrogen and oxygen atoms in total. The third kappa shape index (κ3) is 1.79. The Bertz CT molecular complexity index is 250. The van der Waals surface area contributed by atoms with Crippen LogP contribution in [0.25, 0.3) is 0 Å². The first kappa shape index (κ1) is 8.67. The first-order valence-corrected chi connectivity index (χ1v) is 3.58. The van der Waals surface area contributed by atoms with Crippen molar-refractivity contribution in [2.24, 2.45) is 0 Å². The fraction of sp³-hybridized carbons (Fsp3) is 0.250. The molecule has 0 saturated heterocycles. The zero-order chi connectivity index (χ0) is 8.97. The number of rotatable bonds is 3. The SMILES string of the molecule is CC(c1cccnc1)N(O)C=O. The lowest BCUT2D eigenvalue weighted by Crippen LogP contribution is -2.21. The van der Waals surface area contributed by atoms with Gasteiger partial charge in [0.1, 0.15) is 0 Å². The molecule has 0 saturated carbocycles. The molecule has 0 bridgehead atoms. The molecule has 4 heteroatoms. The van der Waals surface area contributed by atoms with E-state index in [1.165, 1.54) is 0 Å². The van der Waals surface area contributed by atoms with Crippen LogP contribution in [0.15, 0.2) is 24.5 Å². The van der Waals surface area contributed by atoms with Gasteiger partial charge in [-0.2, -0.15) is 0 Å². The van der Waals surface area contributed by atoms with Gasteiger partial charge in [-0.3, -0.25) is 15.0 Å². The van der Waals surface area contributed by atoms with Crippen molar-refractivity contribution in [2.75, 3.05) is 0 Å². The lowest BCUT2D eigenvalue weighted by Gasteiger charge is -2.17. The van der Waals surface area contributed by atoms with Gasteiger partial charge < -0.3 is 0 Å². The molecule has 12 heavy (non-hydrogen) atoms. The Hall–Kier alpha value is -1.42. The molecule has 1 N–H and O–H groups in total. The first-order valence-electron chi connectivity index (χ1n) is 3.58. The molecule has 1 amide bonds. The van der Waals surface area contributed by atoms with Crippen LogP contribution in [0.3, 0.4) is 0 Å². The molecule has 0 aromatic carbocycles. The summed E-state index contributed by atoms with van der Waals surface area (Å²) < 4.78 is 0. The summed E-state index contributed by atoms with van der Waals surface area (Å²) in [6.45, 7) is 1.71. The number of nitrogens with zero attached hydrogens (tertiary/aromatic N) is 2. The molecule has 1 atom stereocenters. The monoisotopic (exact) mass is 166 g/mol. The molecule has 1 aromatic rings. The third-order valence-corrected chi connectivity index (χ3v) is 1.67. The molecule has 1 unspecified atom stereocenters. The maximum absolute atomic E-state index is 10.2. The zero-order valence-corrected chi connectivity index (χ0v) is 6.71. The number of hydrogen-bond donors (Lipinski definition) is 1.